The zero-order valence-electron chi connectivity index (χ0n) is 14.9. The lowest BCUT2D eigenvalue weighted by Gasteiger charge is -2.59. The summed E-state index contributed by atoms with van der Waals surface area (Å²) in [7, 11) is 0. The van der Waals surface area contributed by atoms with E-state index in [2.05, 4.69) is 27.4 Å². The van der Waals surface area contributed by atoms with Crippen LogP contribution in [0.2, 0.25) is 0 Å². The van der Waals surface area contributed by atoms with Crippen molar-refractivity contribution in [2.45, 2.75) is 64.6 Å². The SMILES string of the molecule is C=C1C[C@H]2[C@@H]3CCC(=O)[C@@]3(C)CC[C@@H]2[C@@]2(C)C(C)=CC(=O)C3OC132. The van der Waals surface area contributed by atoms with Gasteiger partial charge in [0.15, 0.2) is 11.9 Å². The Morgan fingerprint density at radius 2 is 1.96 bits per heavy atom. The molecule has 0 radical (unpaired) electrons. The lowest BCUT2D eigenvalue weighted by Crippen LogP contribution is -2.59. The van der Waals surface area contributed by atoms with Crippen LogP contribution in [0.3, 0.4) is 0 Å². The first-order chi connectivity index (χ1) is 11.3. The Bertz CT molecular complexity index is 733. The van der Waals surface area contributed by atoms with E-state index in [0.29, 0.717) is 23.5 Å². The maximum Gasteiger partial charge on any atom is 0.187 e. The number of ketones is 2. The summed E-state index contributed by atoms with van der Waals surface area (Å²) in [6.07, 6.45) is 6.25. The molecule has 24 heavy (non-hydrogen) atoms. The highest BCUT2D eigenvalue weighted by Gasteiger charge is 2.78. The molecule has 1 spiro atoms. The van der Waals surface area contributed by atoms with Crippen molar-refractivity contribution < 1.29 is 14.3 Å². The van der Waals surface area contributed by atoms with Gasteiger partial charge in [0.05, 0.1) is 0 Å². The second kappa shape index (κ2) is 4.12. The number of hydrogen-bond acceptors (Lipinski definition) is 3. The number of epoxide rings is 1. The van der Waals surface area contributed by atoms with E-state index in [1.165, 1.54) is 0 Å². The maximum atomic E-state index is 12.5. The van der Waals surface area contributed by atoms with E-state index in [1.54, 1.807) is 0 Å². The second-order valence-corrected chi connectivity index (χ2v) is 9.27. The first-order valence-electron chi connectivity index (χ1n) is 9.39. The molecule has 0 aromatic carbocycles. The molecule has 1 heterocycles. The van der Waals surface area contributed by atoms with E-state index in [0.717, 1.165) is 43.3 Å². The van der Waals surface area contributed by atoms with E-state index in [-0.39, 0.29) is 22.7 Å². The first kappa shape index (κ1) is 15.1. The minimum Gasteiger partial charge on any atom is -0.352 e. The third kappa shape index (κ3) is 1.34. The highest BCUT2D eigenvalue weighted by atomic mass is 16.6. The molecule has 0 aromatic rings. The predicted octanol–water partition coefficient (Wildman–Crippen LogP) is 3.63. The molecule has 1 saturated heterocycles. The number of Topliss-reactive ketones (excluding diaryl/α,β-unsaturated/α-hetero) is 1. The van der Waals surface area contributed by atoms with Gasteiger partial charge in [-0.15, -0.1) is 0 Å². The van der Waals surface area contributed by atoms with Crippen molar-refractivity contribution in [1.29, 1.82) is 0 Å². The number of fused-ring (bicyclic) bond motifs is 4. The monoisotopic (exact) mass is 326 g/mol. The molecule has 3 saturated carbocycles. The van der Waals surface area contributed by atoms with Crippen LogP contribution in [0.5, 0.6) is 0 Å². The molecule has 3 heteroatoms. The van der Waals surface area contributed by atoms with Gasteiger partial charge in [-0.05, 0) is 62.0 Å². The van der Waals surface area contributed by atoms with Crippen LogP contribution in [-0.2, 0) is 14.3 Å². The quantitative estimate of drug-likeness (QED) is 0.504. The van der Waals surface area contributed by atoms with Crippen molar-refractivity contribution in [3.8, 4) is 0 Å². The highest BCUT2D eigenvalue weighted by molar-refractivity contribution is 6.00. The van der Waals surface area contributed by atoms with Crippen molar-refractivity contribution in [2.75, 3.05) is 0 Å². The van der Waals surface area contributed by atoms with Crippen LogP contribution in [0.4, 0.5) is 0 Å². The number of rotatable bonds is 0. The maximum absolute atomic E-state index is 12.5. The van der Waals surface area contributed by atoms with Crippen LogP contribution in [0.25, 0.3) is 0 Å². The molecule has 0 amide bonds. The zero-order valence-corrected chi connectivity index (χ0v) is 14.9. The van der Waals surface area contributed by atoms with E-state index < -0.39 is 5.60 Å². The van der Waals surface area contributed by atoms with Gasteiger partial charge in [-0.2, -0.15) is 0 Å². The Kier molecular flexibility index (Phi) is 2.59. The standard InChI is InChI=1S/C21H26O3/c1-11-10-16(22)18-21(24-18)12(2)9-13-14-5-6-17(23)19(14,3)8-7-15(13)20(11,21)4/h10,13-15,18H,2,5-9H2,1,3-4H3/t13-,14-,15-,18?,19-,20+,21?/m0/s1. The topological polar surface area (TPSA) is 46.7 Å². The van der Waals surface area contributed by atoms with E-state index in [9.17, 15) is 9.59 Å². The van der Waals surface area contributed by atoms with Crippen LogP contribution in [0.15, 0.2) is 23.8 Å². The van der Waals surface area contributed by atoms with E-state index in [4.69, 9.17) is 4.74 Å². The van der Waals surface area contributed by atoms with Crippen LogP contribution >= 0.6 is 0 Å². The summed E-state index contributed by atoms with van der Waals surface area (Å²) >= 11 is 0. The lowest BCUT2D eigenvalue weighted by atomic mass is 9.43. The van der Waals surface area contributed by atoms with Gasteiger partial charge < -0.3 is 4.74 Å². The minimum atomic E-state index is -0.458. The Balaban J connectivity index is 1.64. The summed E-state index contributed by atoms with van der Waals surface area (Å²) < 4.78 is 6.11. The van der Waals surface area contributed by atoms with Crippen molar-refractivity contribution in [2.24, 2.45) is 28.6 Å². The van der Waals surface area contributed by atoms with Gasteiger partial charge >= 0.3 is 0 Å². The van der Waals surface area contributed by atoms with Gasteiger partial charge in [0.2, 0.25) is 0 Å². The first-order valence-corrected chi connectivity index (χ1v) is 9.39. The van der Waals surface area contributed by atoms with Crippen LogP contribution in [0, 0.1) is 28.6 Å². The number of carbonyl (C=O) groups excluding carboxylic acids is 2. The van der Waals surface area contributed by atoms with Gasteiger partial charge in [0.1, 0.15) is 11.4 Å². The molecule has 1 aliphatic heterocycles. The summed E-state index contributed by atoms with van der Waals surface area (Å²) in [5, 5.41) is 0. The molecule has 0 aromatic heterocycles. The molecule has 0 bridgehead atoms. The summed E-state index contributed by atoms with van der Waals surface area (Å²) in [5.74, 6) is 2.04. The molecule has 5 rings (SSSR count). The number of ether oxygens (including phenoxy) is 1. The fraction of sp³-hybridized carbons (Fsp3) is 0.714. The molecule has 3 nitrogen and oxygen atoms in total. The fourth-order valence-corrected chi connectivity index (χ4v) is 7.24. The van der Waals surface area contributed by atoms with Crippen molar-refractivity contribution in [3.05, 3.63) is 23.8 Å². The van der Waals surface area contributed by atoms with Crippen molar-refractivity contribution >= 4 is 11.6 Å². The van der Waals surface area contributed by atoms with Gasteiger partial charge in [-0.1, -0.05) is 26.0 Å². The van der Waals surface area contributed by atoms with Gasteiger partial charge in [-0.25, -0.2) is 0 Å². The summed E-state index contributed by atoms with van der Waals surface area (Å²) in [5.41, 5.74) is 1.53. The van der Waals surface area contributed by atoms with Gasteiger partial charge in [0.25, 0.3) is 0 Å². The molecule has 7 atom stereocenters. The Morgan fingerprint density at radius 1 is 1.21 bits per heavy atom. The highest BCUT2D eigenvalue weighted by Crippen LogP contribution is 2.73. The molecule has 5 aliphatic rings. The molecule has 2 unspecified atom stereocenters. The lowest BCUT2D eigenvalue weighted by molar-refractivity contribution is -0.133. The van der Waals surface area contributed by atoms with Gasteiger partial charge in [-0.3, -0.25) is 9.59 Å². The number of hydrogen-bond donors (Lipinski definition) is 0. The molecule has 0 N–H and O–H groups in total. The third-order valence-electron chi connectivity index (χ3n) is 8.72. The largest absolute Gasteiger partial charge is 0.352 e. The van der Waals surface area contributed by atoms with Crippen LogP contribution < -0.4 is 0 Å². The summed E-state index contributed by atoms with van der Waals surface area (Å²) in [6, 6.07) is 0. The Hall–Kier alpha value is -1.22. The molecule has 4 aliphatic carbocycles. The zero-order chi connectivity index (χ0) is 17.1. The Morgan fingerprint density at radius 3 is 2.71 bits per heavy atom. The summed E-state index contributed by atoms with van der Waals surface area (Å²) in [6.45, 7) is 11.0. The number of carbonyl (C=O) groups is 2. The minimum absolute atomic E-state index is 0.112. The third-order valence-corrected chi connectivity index (χ3v) is 8.72. The molecule has 4 fully saturated rings. The molecule has 128 valence electrons. The smallest absolute Gasteiger partial charge is 0.187 e. The van der Waals surface area contributed by atoms with E-state index in [1.807, 2.05) is 6.08 Å². The molecular weight excluding hydrogens is 300 g/mol. The van der Waals surface area contributed by atoms with Crippen LogP contribution in [0.1, 0.15) is 52.9 Å². The predicted molar refractivity (Wildman–Crippen MR) is 90.3 cm³/mol. The molecular formula is C21H26O3. The van der Waals surface area contributed by atoms with Crippen LogP contribution in [-0.4, -0.2) is 23.3 Å². The average Bonchev–Trinajstić information content (AvgIpc) is 3.22. The van der Waals surface area contributed by atoms with Crippen molar-refractivity contribution in [3.63, 3.8) is 0 Å². The normalized spacial score (nSPS) is 55.3. The average molecular weight is 326 g/mol. The summed E-state index contributed by atoms with van der Waals surface area (Å²) in [4.78, 5) is 24.9. The van der Waals surface area contributed by atoms with Crippen molar-refractivity contribution in [1.82, 2.24) is 0 Å². The fourth-order valence-electron chi connectivity index (χ4n) is 7.24. The Labute approximate surface area is 143 Å². The van der Waals surface area contributed by atoms with Gasteiger partial charge in [0, 0.05) is 17.3 Å². The second-order valence-electron chi connectivity index (χ2n) is 9.27. The van der Waals surface area contributed by atoms with E-state index >= 15 is 0 Å².